The molecule has 8 heteroatoms. The Morgan fingerprint density at radius 3 is 2.92 bits per heavy atom. The van der Waals surface area contributed by atoms with Crippen LogP contribution >= 0.6 is 23.1 Å². The minimum absolute atomic E-state index is 0.0486. The molecule has 0 fully saturated rings. The van der Waals surface area contributed by atoms with Crippen molar-refractivity contribution in [1.82, 2.24) is 10.2 Å². The normalized spacial score (nSPS) is 16.7. The topological polar surface area (TPSA) is 84.0 Å². The molecule has 1 atom stereocenters. The summed E-state index contributed by atoms with van der Waals surface area (Å²) >= 11 is 2.87. The second-order valence-corrected chi connectivity index (χ2v) is 8.46. The summed E-state index contributed by atoms with van der Waals surface area (Å²) in [6.45, 7) is 6.08. The van der Waals surface area contributed by atoms with Crippen LogP contribution in [0.1, 0.15) is 36.1 Å². The van der Waals surface area contributed by atoms with E-state index in [0.717, 1.165) is 16.3 Å². The molecule has 2 N–H and O–H groups in total. The summed E-state index contributed by atoms with van der Waals surface area (Å²) < 4.78 is 0. The van der Waals surface area contributed by atoms with Crippen LogP contribution in [0.2, 0.25) is 0 Å². The van der Waals surface area contributed by atoms with Gasteiger partial charge in [-0.15, -0.1) is 22.0 Å². The Morgan fingerprint density at radius 2 is 2.17 bits per heavy atom. The lowest BCUT2D eigenvalue weighted by Crippen LogP contribution is -2.26. The third-order valence-corrected chi connectivity index (χ3v) is 5.48. The predicted octanol–water partition coefficient (Wildman–Crippen LogP) is 3.42. The van der Waals surface area contributed by atoms with Gasteiger partial charge in [0.05, 0.1) is 10.9 Å². The molecule has 2 amide bonds. The number of nitrogens with zero attached hydrogens (tertiary/aromatic N) is 2. The molecule has 0 unspecified atom stereocenters. The monoisotopic (exact) mass is 362 g/mol. The minimum Gasteiger partial charge on any atom is -0.324 e. The fraction of sp³-hybridized carbons (Fsp3) is 0.375. The van der Waals surface area contributed by atoms with Crippen molar-refractivity contribution in [3.63, 3.8) is 0 Å². The number of thioether (sulfide) groups is 1. The second kappa shape index (κ2) is 6.90. The minimum atomic E-state index is -0.261. The van der Waals surface area contributed by atoms with Crippen molar-refractivity contribution < 1.29 is 9.59 Å². The third kappa shape index (κ3) is 3.76. The molecule has 6 nitrogen and oxygen atoms in total. The van der Waals surface area contributed by atoms with Gasteiger partial charge in [0.15, 0.2) is 0 Å². The highest BCUT2D eigenvalue weighted by molar-refractivity contribution is 8.00. The molecule has 3 rings (SSSR count). The second-order valence-electron chi connectivity index (χ2n) is 6.01. The quantitative estimate of drug-likeness (QED) is 0.871. The van der Waals surface area contributed by atoms with E-state index in [1.807, 2.05) is 13.0 Å². The summed E-state index contributed by atoms with van der Waals surface area (Å²) in [6, 6.07) is 5.30. The van der Waals surface area contributed by atoms with E-state index in [4.69, 9.17) is 0 Å². The summed E-state index contributed by atoms with van der Waals surface area (Å²) in [4.78, 5) is 25.1. The van der Waals surface area contributed by atoms with Crippen molar-refractivity contribution in [1.29, 1.82) is 0 Å². The van der Waals surface area contributed by atoms with E-state index in [1.54, 1.807) is 12.1 Å². The molecule has 1 aliphatic heterocycles. The van der Waals surface area contributed by atoms with Crippen LogP contribution in [0.5, 0.6) is 0 Å². The molecular formula is C16H18N4O2S2. The number of anilines is 2. The van der Waals surface area contributed by atoms with Gasteiger partial charge in [0.25, 0.3) is 5.91 Å². The maximum atomic E-state index is 12.4. The van der Waals surface area contributed by atoms with Crippen LogP contribution in [0.4, 0.5) is 10.8 Å². The van der Waals surface area contributed by atoms with E-state index in [1.165, 1.54) is 23.1 Å². The molecule has 0 bridgehead atoms. The van der Waals surface area contributed by atoms with E-state index in [9.17, 15) is 9.59 Å². The maximum Gasteiger partial charge on any atom is 0.257 e. The van der Waals surface area contributed by atoms with E-state index in [-0.39, 0.29) is 17.1 Å². The molecule has 0 aliphatic carbocycles. The van der Waals surface area contributed by atoms with Crippen LogP contribution in [-0.2, 0) is 11.2 Å². The fourth-order valence-electron chi connectivity index (χ4n) is 2.26. The summed E-state index contributed by atoms with van der Waals surface area (Å²) in [5.41, 5.74) is 1.15. The summed E-state index contributed by atoms with van der Waals surface area (Å²) in [5, 5.41) is 15.0. The number of hydrogen-bond acceptors (Lipinski definition) is 6. The van der Waals surface area contributed by atoms with E-state index in [0.29, 0.717) is 22.3 Å². The predicted molar refractivity (Wildman–Crippen MR) is 96.8 cm³/mol. The molecular weight excluding hydrogens is 344 g/mol. The Balaban J connectivity index is 1.73. The van der Waals surface area contributed by atoms with Crippen LogP contribution in [0.3, 0.4) is 0 Å². The number of aromatic nitrogens is 2. The highest BCUT2D eigenvalue weighted by atomic mass is 32.2. The van der Waals surface area contributed by atoms with E-state index in [2.05, 4.69) is 34.7 Å². The number of amides is 2. The van der Waals surface area contributed by atoms with Crippen molar-refractivity contribution in [2.24, 2.45) is 5.92 Å². The zero-order valence-corrected chi connectivity index (χ0v) is 15.3. The number of carbonyl (C=O) groups is 2. The number of hydrogen-bond donors (Lipinski definition) is 2. The van der Waals surface area contributed by atoms with Crippen LogP contribution in [-0.4, -0.2) is 27.3 Å². The van der Waals surface area contributed by atoms with Crippen molar-refractivity contribution >= 4 is 45.7 Å². The van der Waals surface area contributed by atoms with Gasteiger partial charge in [-0.2, -0.15) is 0 Å². The molecule has 1 aromatic heterocycles. The van der Waals surface area contributed by atoms with Gasteiger partial charge < -0.3 is 5.32 Å². The van der Waals surface area contributed by atoms with Crippen LogP contribution in [0.15, 0.2) is 23.1 Å². The van der Waals surface area contributed by atoms with Crippen LogP contribution in [0, 0.1) is 5.92 Å². The van der Waals surface area contributed by atoms with Gasteiger partial charge in [-0.1, -0.05) is 25.2 Å². The zero-order valence-electron chi connectivity index (χ0n) is 13.6. The highest BCUT2D eigenvalue weighted by Gasteiger charge is 2.24. The molecule has 24 heavy (non-hydrogen) atoms. The molecule has 0 saturated carbocycles. The molecule has 0 radical (unpaired) electrons. The number of nitrogens with one attached hydrogen (secondary N) is 2. The lowest BCUT2D eigenvalue weighted by molar-refractivity contribution is -0.115. The zero-order chi connectivity index (χ0) is 17.3. The van der Waals surface area contributed by atoms with E-state index >= 15 is 0 Å². The number of fused-ring (bicyclic) bond motifs is 1. The highest BCUT2D eigenvalue weighted by Crippen LogP contribution is 2.36. The van der Waals surface area contributed by atoms with Crippen molar-refractivity contribution in [2.75, 3.05) is 10.6 Å². The SMILES string of the molecule is CC(C)Cc1nnc(NC(=O)c2ccc3c(c2)NC(=O)[C@H](C)S3)s1. The molecule has 1 aliphatic rings. The number of carbonyl (C=O) groups excluding carboxylic acids is 2. The number of rotatable bonds is 4. The van der Waals surface area contributed by atoms with Gasteiger partial charge in [-0.3, -0.25) is 14.9 Å². The van der Waals surface area contributed by atoms with Gasteiger partial charge >= 0.3 is 0 Å². The maximum absolute atomic E-state index is 12.4. The van der Waals surface area contributed by atoms with Crippen molar-refractivity contribution in [3.8, 4) is 0 Å². The van der Waals surface area contributed by atoms with Crippen LogP contribution in [0.25, 0.3) is 0 Å². The first-order valence-electron chi connectivity index (χ1n) is 7.67. The van der Waals surface area contributed by atoms with Gasteiger partial charge in [-0.05, 0) is 31.0 Å². The molecule has 2 aromatic rings. The molecule has 0 saturated heterocycles. The number of benzene rings is 1. The van der Waals surface area contributed by atoms with Crippen LogP contribution < -0.4 is 10.6 Å². The van der Waals surface area contributed by atoms with Crippen molar-refractivity contribution in [2.45, 2.75) is 37.3 Å². The Hall–Kier alpha value is -1.93. The summed E-state index contributed by atoms with van der Waals surface area (Å²) in [6.07, 6.45) is 0.841. The smallest absolute Gasteiger partial charge is 0.257 e. The standard InChI is InChI=1S/C16H18N4O2S2/c1-8(2)6-13-19-20-16(24-13)18-15(22)10-4-5-12-11(7-10)17-14(21)9(3)23-12/h4-5,7-9H,6H2,1-3H3,(H,17,21)(H,18,20,22)/t9-/m0/s1. The first kappa shape index (κ1) is 16.9. The molecule has 2 heterocycles. The lowest BCUT2D eigenvalue weighted by atomic mass is 10.1. The molecule has 0 spiro atoms. The fourth-order valence-corrected chi connectivity index (χ4v) is 4.13. The Bertz CT molecular complexity index is 788. The summed E-state index contributed by atoms with van der Waals surface area (Å²) in [7, 11) is 0. The molecule has 126 valence electrons. The Morgan fingerprint density at radius 1 is 1.38 bits per heavy atom. The lowest BCUT2D eigenvalue weighted by Gasteiger charge is -2.21. The van der Waals surface area contributed by atoms with Crippen molar-refractivity contribution in [3.05, 3.63) is 28.8 Å². The van der Waals surface area contributed by atoms with Gasteiger partial charge in [0.1, 0.15) is 5.01 Å². The Kier molecular flexibility index (Phi) is 4.86. The van der Waals surface area contributed by atoms with Gasteiger partial charge in [0, 0.05) is 16.9 Å². The first-order valence-corrected chi connectivity index (χ1v) is 9.37. The average molecular weight is 362 g/mol. The first-order chi connectivity index (χ1) is 11.4. The Labute approximate surface area is 148 Å². The van der Waals surface area contributed by atoms with Gasteiger partial charge in [-0.25, -0.2) is 0 Å². The average Bonchev–Trinajstić information content (AvgIpc) is 2.94. The van der Waals surface area contributed by atoms with Gasteiger partial charge in [0.2, 0.25) is 11.0 Å². The summed E-state index contributed by atoms with van der Waals surface area (Å²) in [5.74, 6) is 0.182. The largest absolute Gasteiger partial charge is 0.324 e. The van der Waals surface area contributed by atoms with E-state index < -0.39 is 0 Å². The third-order valence-electron chi connectivity index (χ3n) is 3.44. The molecule has 1 aromatic carbocycles.